The Morgan fingerprint density at radius 2 is 2.00 bits per heavy atom. The van der Waals surface area contributed by atoms with Gasteiger partial charge in [-0.3, -0.25) is 0 Å². The van der Waals surface area contributed by atoms with E-state index in [9.17, 15) is 0 Å². The normalized spacial score (nSPS) is 11.1. The van der Waals surface area contributed by atoms with Crippen molar-refractivity contribution in [1.29, 1.82) is 5.26 Å². The Bertz CT molecular complexity index is 372. The Morgan fingerprint density at radius 1 is 1.36 bits per heavy atom. The van der Waals surface area contributed by atoms with Gasteiger partial charge >= 0.3 is 0 Å². The van der Waals surface area contributed by atoms with Gasteiger partial charge in [0.05, 0.1) is 16.7 Å². The van der Waals surface area contributed by atoms with Crippen molar-refractivity contribution in [3.63, 3.8) is 0 Å². The fourth-order valence-electron chi connectivity index (χ4n) is 1.07. The minimum atomic E-state index is 0.132. The van der Waals surface area contributed by atoms with Crippen LogP contribution in [0.3, 0.4) is 0 Å². The third-order valence-electron chi connectivity index (χ3n) is 1.47. The van der Waals surface area contributed by atoms with Crippen LogP contribution in [-0.4, -0.2) is 9.73 Å². The number of aryl methyl sites for hydroxylation is 1. The van der Waals surface area contributed by atoms with Crippen LogP contribution in [0.4, 0.5) is 0 Å². The molecule has 0 saturated heterocycles. The quantitative estimate of drug-likeness (QED) is 0.662. The van der Waals surface area contributed by atoms with Gasteiger partial charge < -0.3 is 0 Å². The molecule has 0 unspecified atom stereocenters. The maximum Gasteiger partial charge on any atom is 0.0993 e. The maximum atomic E-state index is 8.80. The highest BCUT2D eigenvalue weighted by molar-refractivity contribution is 8.00. The van der Waals surface area contributed by atoms with E-state index >= 15 is 0 Å². The van der Waals surface area contributed by atoms with Crippen LogP contribution in [0.25, 0.3) is 0 Å². The lowest BCUT2D eigenvalue weighted by Crippen LogP contribution is -2.07. The van der Waals surface area contributed by atoms with E-state index in [0.717, 1.165) is 10.7 Å². The molecule has 0 fully saturated rings. The molecule has 0 aliphatic rings. The highest BCUT2D eigenvalue weighted by Crippen LogP contribution is 2.30. The van der Waals surface area contributed by atoms with Gasteiger partial charge in [0.15, 0.2) is 0 Å². The fourth-order valence-corrected chi connectivity index (χ4v) is 2.07. The van der Waals surface area contributed by atoms with Gasteiger partial charge in [-0.1, -0.05) is 20.8 Å². The Morgan fingerprint density at radius 3 is 2.50 bits per heavy atom. The zero-order valence-electron chi connectivity index (χ0n) is 8.96. The van der Waals surface area contributed by atoms with Crippen LogP contribution in [0.5, 0.6) is 0 Å². The van der Waals surface area contributed by atoms with Crippen LogP contribution in [0.2, 0.25) is 0 Å². The molecule has 3 heteroatoms. The molecule has 0 N–H and O–H groups in total. The van der Waals surface area contributed by atoms with Crippen LogP contribution in [0.15, 0.2) is 17.2 Å². The lowest BCUT2D eigenvalue weighted by molar-refractivity contribution is 0.798. The van der Waals surface area contributed by atoms with Crippen LogP contribution >= 0.6 is 11.8 Å². The number of hydrogen-bond donors (Lipinski definition) is 0. The summed E-state index contributed by atoms with van der Waals surface area (Å²) in [7, 11) is 0. The van der Waals surface area contributed by atoms with Gasteiger partial charge in [-0.15, -0.1) is 11.8 Å². The Hall–Kier alpha value is -1.01. The molecular weight excluding hydrogens is 192 g/mol. The minimum absolute atomic E-state index is 0.132. The fraction of sp³-hybridized carbons (Fsp3) is 0.455. The summed E-state index contributed by atoms with van der Waals surface area (Å²) < 4.78 is 0.132. The summed E-state index contributed by atoms with van der Waals surface area (Å²) in [5, 5.41) is 9.72. The number of rotatable bonds is 1. The predicted octanol–water partition coefficient (Wildman–Crippen LogP) is 3.15. The van der Waals surface area contributed by atoms with Crippen molar-refractivity contribution >= 4 is 11.8 Å². The molecule has 0 aliphatic heterocycles. The van der Waals surface area contributed by atoms with Crippen LogP contribution in [0.1, 0.15) is 32.0 Å². The number of hydrogen-bond acceptors (Lipinski definition) is 3. The standard InChI is InChI=1S/C11H14N2S/c1-8-5-9(7-12)6-10(13-8)14-11(2,3)4/h5-6H,1-4H3. The Balaban J connectivity index is 3.00. The number of aromatic nitrogens is 1. The van der Waals surface area contributed by atoms with Gasteiger partial charge in [-0.2, -0.15) is 5.26 Å². The van der Waals surface area contributed by atoms with Gasteiger partial charge in [0.1, 0.15) is 0 Å². The molecule has 74 valence electrons. The first-order chi connectivity index (χ1) is 6.40. The Labute approximate surface area is 89.4 Å². The van der Waals surface area contributed by atoms with E-state index in [1.165, 1.54) is 0 Å². The van der Waals surface area contributed by atoms with Crippen molar-refractivity contribution in [1.82, 2.24) is 4.98 Å². The molecule has 1 aromatic rings. The molecule has 0 spiro atoms. The van der Waals surface area contributed by atoms with E-state index in [0.29, 0.717) is 5.56 Å². The lowest BCUT2D eigenvalue weighted by atomic mass is 10.2. The van der Waals surface area contributed by atoms with Crippen LogP contribution in [-0.2, 0) is 0 Å². The monoisotopic (exact) mass is 206 g/mol. The summed E-state index contributed by atoms with van der Waals surface area (Å²) in [6.45, 7) is 8.31. The molecule has 0 amide bonds. The van der Waals surface area contributed by atoms with E-state index < -0.39 is 0 Å². The van der Waals surface area contributed by atoms with Crippen molar-refractivity contribution in [2.75, 3.05) is 0 Å². The average Bonchev–Trinajstić information content (AvgIpc) is 1.99. The molecule has 0 aliphatic carbocycles. The van der Waals surface area contributed by atoms with E-state index in [1.54, 1.807) is 17.8 Å². The zero-order valence-corrected chi connectivity index (χ0v) is 9.77. The number of nitriles is 1. The number of thioether (sulfide) groups is 1. The summed E-state index contributed by atoms with van der Waals surface area (Å²) in [6, 6.07) is 5.78. The predicted molar refractivity (Wildman–Crippen MR) is 59.3 cm³/mol. The molecule has 0 atom stereocenters. The van der Waals surface area contributed by atoms with Crippen molar-refractivity contribution in [2.45, 2.75) is 37.5 Å². The Kier molecular flexibility index (Phi) is 3.17. The molecule has 1 aromatic heterocycles. The van der Waals surface area contributed by atoms with E-state index in [1.807, 2.05) is 13.0 Å². The van der Waals surface area contributed by atoms with Crippen molar-refractivity contribution in [2.24, 2.45) is 0 Å². The molecular formula is C11H14N2S. The molecule has 0 saturated carbocycles. The molecule has 0 radical (unpaired) electrons. The molecule has 1 rings (SSSR count). The second-order valence-electron chi connectivity index (χ2n) is 4.16. The topological polar surface area (TPSA) is 36.7 Å². The first-order valence-electron chi connectivity index (χ1n) is 4.48. The number of nitrogens with zero attached hydrogens (tertiary/aromatic N) is 2. The summed E-state index contributed by atoms with van der Waals surface area (Å²) in [6.07, 6.45) is 0. The third kappa shape index (κ3) is 3.39. The largest absolute Gasteiger partial charge is 0.247 e. The van der Waals surface area contributed by atoms with Crippen LogP contribution in [0, 0.1) is 18.3 Å². The summed E-state index contributed by atoms with van der Waals surface area (Å²) in [5.74, 6) is 0. The van der Waals surface area contributed by atoms with Gasteiger partial charge in [0, 0.05) is 10.4 Å². The first-order valence-corrected chi connectivity index (χ1v) is 5.30. The SMILES string of the molecule is Cc1cc(C#N)cc(SC(C)(C)C)n1. The first kappa shape index (κ1) is 11.1. The van der Waals surface area contributed by atoms with Gasteiger partial charge in [0.25, 0.3) is 0 Å². The van der Waals surface area contributed by atoms with Crippen molar-refractivity contribution in [3.05, 3.63) is 23.4 Å². The van der Waals surface area contributed by atoms with E-state index in [-0.39, 0.29) is 4.75 Å². The zero-order chi connectivity index (χ0) is 10.8. The molecule has 2 nitrogen and oxygen atoms in total. The van der Waals surface area contributed by atoms with E-state index in [2.05, 4.69) is 31.8 Å². The smallest absolute Gasteiger partial charge is 0.0993 e. The second-order valence-corrected chi connectivity index (χ2v) is 6.01. The highest BCUT2D eigenvalue weighted by Gasteiger charge is 2.13. The summed E-state index contributed by atoms with van der Waals surface area (Å²) in [4.78, 5) is 4.38. The molecule has 0 bridgehead atoms. The van der Waals surface area contributed by atoms with Crippen molar-refractivity contribution in [3.8, 4) is 6.07 Å². The maximum absolute atomic E-state index is 8.80. The summed E-state index contributed by atoms with van der Waals surface area (Å²) >= 11 is 1.68. The molecule has 14 heavy (non-hydrogen) atoms. The minimum Gasteiger partial charge on any atom is -0.247 e. The van der Waals surface area contributed by atoms with Gasteiger partial charge in [-0.25, -0.2) is 4.98 Å². The third-order valence-corrected chi connectivity index (χ3v) is 2.50. The van der Waals surface area contributed by atoms with Gasteiger partial charge in [-0.05, 0) is 19.1 Å². The van der Waals surface area contributed by atoms with Gasteiger partial charge in [0.2, 0.25) is 0 Å². The van der Waals surface area contributed by atoms with Crippen molar-refractivity contribution < 1.29 is 0 Å². The highest BCUT2D eigenvalue weighted by atomic mass is 32.2. The molecule has 1 heterocycles. The van der Waals surface area contributed by atoms with Crippen LogP contribution < -0.4 is 0 Å². The second kappa shape index (κ2) is 4.02. The average molecular weight is 206 g/mol. The lowest BCUT2D eigenvalue weighted by Gasteiger charge is -2.16. The van der Waals surface area contributed by atoms with E-state index in [4.69, 9.17) is 5.26 Å². The molecule has 0 aromatic carbocycles. The number of pyridine rings is 1. The summed E-state index contributed by atoms with van der Waals surface area (Å²) in [5.41, 5.74) is 1.58.